The van der Waals surface area contributed by atoms with Gasteiger partial charge < -0.3 is 4.74 Å². The van der Waals surface area contributed by atoms with Crippen molar-refractivity contribution in [3.8, 4) is 5.75 Å². The zero-order valence-electron chi connectivity index (χ0n) is 11.9. The van der Waals surface area contributed by atoms with Crippen LogP contribution in [0.25, 0.3) is 0 Å². The third kappa shape index (κ3) is 3.53. The van der Waals surface area contributed by atoms with Crippen LogP contribution in [0.5, 0.6) is 5.75 Å². The fourth-order valence-corrected chi connectivity index (χ4v) is 1.96. The summed E-state index contributed by atoms with van der Waals surface area (Å²) in [4.78, 5) is 3.84. The number of aromatic nitrogens is 3. The minimum atomic E-state index is -4.58. The van der Waals surface area contributed by atoms with Crippen LogP contribution in [-0.4, -0.2) is 28.1 Å². The van der Waals surface area contributed by atoms with E-state index in [-0.39, 0.29) is 17.9 Å². The lowest BCUT2D eigenvalue weighted by Gasteiger charge is -2.22. The molecular weight excluding hydrogens is 304 g/mol. The van der Waals surface area contributed by atoms with E-state index >= 15 is 0 Å². The van der Waals surface area contributed by atoms with Crippen molar-refractivity contribution in [3.63, 3.8) is 0 Å². The van der Waals surface area contributed by atoms with E-state index in [9.17, 15) is 17.6 Å². The molecule has 0 saturated heterocycles. The molecule has 0 fully saturated rings. The summed E-state index contributed by atoms with van der Waals surface area (Å²) in [5, 5.41) is 6.10. The second kappa shape index (κ2) is 6.30. The minimum absolute atomic E-state index is 0.113. The quantitative estimate of drug-likeness (QED) is 0.860. The van der Waals surface area contributed by atoms with Gasteiger partial charge in [0.25, 0.3) is 0 Å². The number of halogens is 4. The van der Waals surface area contributed by atoms with E-state index in [1.54, 1.807) is 7.05 Å². The molecule has 0 bridgehead atoms. The maximum atomic E-state index is 13.6. The lowest BCUT2D eigenvalue weighted by atomic mass is 10.1. The number of ether oxygens (including phenoxy) is 1. The summed E-state index contributed by atoms with van der Waals surface area (Å²) < 4.78 is 59.3. The predicted molar refractivity (Wildman–Crippen MR) is 69.6 cm³/mol. The summed E-state index contributed by atoms with van der Waals surface area (Å²) in [6.45, 7) is -0.158. The number of rotatable bonds is 5. The van der Waals surface area contributed by atoms with Gasteiger partial charge in [-0.25, -0.2) is 9.37 Å². The molecule has 120 valence electrons. The number of alkyl halides is 3. The molecule has 2 rings (SSSR count). The molecule has 0 aliphatic carbocycles. The van der Waals surface area contributed by atoms with Gasteiger partial charge in [0, 0.05) is 7.05 Å². The summed E-state index contributed by atoms with van der Waals surface area (Å²) in [6, 6.07) is 1.11. The van der Waals surface area contributed by atoms with E-state index in [0.717, 1.165) is 12.1 Å². The van der Waals surface area contributed by atoms with Gasteiger partial charge in [-0.3, -0.25) is 10.00 Å². The van der Waals surface area contributed by atoms with Gasteiger partial charge in [0.05, 0.1) is 13.7 Å². The summed E-state index contributed by atoms with van der Waals surface area (Å²) in [7, 11) is 2.81. The average Bonchev–Trinajstić information content (AvgIpc) is 2.83. The van der Waals surface area contributed by atoms with E-state index < -0.39 is 18.0 Å². The van der Waals surface area contributed by atoms with Crippen molar-refractivity contribution in [2.45, 2.75) is 18.8 Å². The predicted octanol–water partition coefficient (Wildman–Crippen LogP) is 2.36. The molecule has 1 aromatic carbocycles. The molecular formula is C13H14F4N4O. The number of hydrogen-bond acceptors (Lipinski definition) is 4. The zero-order chi connectivity index (χ0) is 16.3. The van der Waals surface area contributed by atoms with Crippen LogP contribution >= 0.6 is 0 Å². The van der Waals surface area contributed by atoms with Crippen molar-refractivity contribution in [1.82, 2.24) is 20.1 Å². The molecule has 2 aromatic rings. The first-order valence-electron chi connectivity index (χ1n) is 6.29. The molecule has 1 heterocycles. The Bertz CT molecular complexity index is 641. The third-order valence-electron chi connectivity index (χ3n) is 3.11. The minimum Gasteiger partial charge on any atom is -0.494 e. The van der Waals surface area contributed by atoms with Gasteiger partial charge in [0.2, 0.25) is 0 Å². The molecule has 9 heteroatoms. The maximum Gasteiger partial charge on any atom is 0.407 e. The Morgan fingerprint density at radius 3 is 2.59 bits per heavy atom. The van der Waals surface area contributed by atoms with Crippen molar-refractivity contribution in [3.05, 3.63) is 41.7 Å². The number of methoxy groups -OCH3 is 1. The Hall–Kier alpha value is -2.16. The molecule has 0 saturated carbocycles. The van der Waals surface area contributed by atoms with Gasteiger partial charge in [0.1, 0.15) is 18.2 Å². The van der Waals surface area contributed by atoms with Gasteiger partial charge >= 0.3 is 6.18 Å². The highest BCUT2D eigenvalue weighted by molar-refractivity contribution is 5.31. The monoisotopic (exact) mass is 318 g/mol. The second-order valence-electron chi connectivity index (χ2n) is 4.55. The van der Waals surface area contributed by atoms with Gasteiger partial charge in [0.15, 0.2) is 11.6 Å². The first-order chi connectivity index (χ1) is 10.3. The van der Waals surface area contributed by atoms with Gasteiger partial charge in [-0.05, 0) is 17.7 Å². The Morgan fingerprint density at radius 2 is 2.09 bits per heavy atom. The largest absolute Gasteiger partial charge is 0.494 e. The van der Waals surface area contributed by atoms with Crippen molar-refractivity contribution in [2.75, 3.05) is 7.11 Å². The van der Waals surface area contributed by atoms with E-state index in [4.69, 9.17) is 4.74 Å². The number of nitrogens with one attached hydrogen (secondary N) is 1. The summed E-state index contributed by atoms with van der Waals surface area (Å²) >= 11 is 0. The van der Waals surface area contributed by atoms with Crippen molar-refractivity contribution in [1.29, 1.82) is 0 Å². The van der Waals surface area contributed by atoms with Crippen molar-refractivity contribution < 1.29 is 22.3 Å². The highest BCUT2D eigenvalue weighted by atomic mass is 19.4. The van der Waals surface area contributed by atoms with E-state index in [1.165, 1.54) is 24.2 Å². The van der Waals surface area contributed by atoms with E-state index in [1.807, 2.05) is 0 Å². The lowest BCUT2D eigenvalue weighted by Crippen LogP contribution is -2.34. The normalized spacial score (nSPS) is 13.2. The van der Waals surface area contributed by atoms with Crippen LogP contribution in [0, 0.1) is 5.82 Å². The molecule has 0 amide bonds. The topological polar surface area (TPSA) is 52.0 Å². The van der Waals surface area contributed by atoms with Gasteiger partial charge in [-0.2, -0.15) is 18.3 Å². The van der Waals surface area contributed by atoms with Crippen LogP contribution in [0.3, 0.4) is 0 Å². The number of aryl methyl sites for hydroxylation is 1. The Morgan fingerprint density at radius 1 is 1.36 bits per heavy atom. The third-order valence-corrected chi connectivity index (χ3v) is 3.11. The molecule has 0 radical (unpaired) electrons. The summed E-state index contributed by atoms with van der Waals surface area (Å²) in [5.41, 5.74) is -0.243. The molecule has 5 nitrogen and oxygen atoms in total. The molecule has 1 unspecified atom stereocenters. The van der Waals surface area contributed by atoms with E-state index in [0.29, 0.717) is 5.82 Å². The fraction of sp³-hybridized carbons (Fsp3) is 0.385. The molecule has 1 aromatic heterocycles. The Labute approximate surface area is 123 Å². The van der Waals surface area contributed by atoms with Crippen LogP contribution in [0.4, 0.5) is 17.6 Å². The van der Waals surface area contributed by atoms with Crippen LogP contribution in [0.2, 0.25) is 0 Å². The van der Waals surface area contributed by atoms with Gasteiger partial charge in [-0.1, -0.05) is 6.07 Å². The lowest BCUT2D eigenvalue weighted by molar-refractivity contribution is -0.158. The fourth-order valence-electron chi connectivity index (χ4n) is 1.96. The first kappa shape index (κ1) is 16.2. The SMILES string of the molecule is COc1ccc(C(NCc2ncnn2C)C(F)(F)F)cc1F. The zero-order valence-corrected chi connectivity index (χ0v) is 11.9. The standard InChI is InChI=1S/C13H14F4N4O/c1-21-11(19-7-20-21)6-18-12(13(15,16)17)8-3-4-10(22-2)9(14)5-8/h3-5,7,12,18H,6H2,1-2H3. The summed E-state index contributed by atoms with van der Waals surface area (Å²) in [5.74, 6) is -0.629. The smallest absolute Gasteiger partial charge is 0.407 e. The molecule has 1 atom stereocenters. The molecule has 0 spiro atoms. The number of nitrogens with zero attached hydrogens (tertiary/aromatic N) is 3. The van der Waals surface area contributed by atoms with Crippen LogP contribution in [-0.2, 0) is 13.6 Å². The molecule has 0 aliphatic heterocycles. The van der Waals surface area contributed by atoms with Crippen LogP contribution in [0.15, 0.2) is 24.5 Å². The second-order valence-corrected chi connectivity index (χ2v) is 4.55. The highest BCUT2D eigenvalue weighted by Crippen LogP contribution is 2.34. The van der Waals surface area contributed by atoms with E-state index in [2.05, 4.69) is 15.4 Å². The van der Waals surface area contributed by atoms with Crippen LogP contribution < -0.4 is 10.1 Å². The Balaban J connectivity index is 2.23. The molecule has 1 N–H and O–H groups in total. The van der Waals surface area contributed by atoms with Crippen molar-refractivity contribution >= 4 is 0 Å². The highest BCUT2D eigenvalue weighted by Gasteiger charge is 2.41. The van der Waals surface area contributed by atoms with Crippen LogP contribution in [0.1, 0.15) is 17.4 Å². The maximum absolute atomic E-state index is 13.6. The Kier molecular flexibility index (Phi) is 4.65. The number of hydrogen-bond donors (Lipinski definition) is 1. The average molecular weight is 318 g/mol. The van der Waals surface area contributed by atoms with Crippen molar-refractivity contribution in [2.24, 2.45) is 7.05 Å². The summed E-state index contributed by atoms with van der Waals surface area (Å²) in [6.07, 6.45) is -3.34. The first-order valence-corrected chi connectivity index (χ1v) is 6.29. The molecule has 0 aliphatic rings. The molecule has 22 heavy (non-hydrogen) atoms. The van der Waals surface area contributed by atoms with Gasteiger partial charge in [-0.15, -0.1) is 0 Å². The number of benzene rings is 1.